The average Bonchev–Trinajstić information content (AvgIpc) is 2.30. The summed E-state index contributed by atoms with van der Waals surface area (Å²) in [6, 6.07) is 4.65. The van der Waals surface area contributed by atoms with Crippen molar-refractivity contribution in [1.29, 1.82) is 0 Å². The maximum absolute atomic E-state index is 13.4. The van der Waals surface area contributed by atoms with E-state index in [1.165, 1.54) is 6.07 Å². The molecule has 0 aliphatic rings. The summed E-state index contributed by atoms with van der Waals surface area (Å²) >= 11 is 0. The summed E-state index contributed by atoms with van der Waals surface area (Å²) in [6.07, 6.45) is 1.08. The SMILES string of the molecule is Cc1ccc(F)c(NC(=O)CCC(C)CN)c1. The van der Waals surface area contributed by atoms with Crippen LogP contribution in [0.25, 0.3) is 0 Å². The minimum atomic E-state index is -0.407. The van der Waals surface area contributed by atoms with E-state index in [-0.39, 0.29) is 11.6 Å². The van der Waals surface area contributed by atoms with Crippen LogP contribution in [0.1, 0.15) is 25.3 Å². The standard InChI is InChI=1S/C13H19FN2O/c1-9-3-5-11(14)12(7-9)16-13(17)6-4-10(2)8-15/h3,5,7,10H,4,6,8,15H2,1-2H3,(H,16,17). The van der Waals surface area contributed by atoms with Crippen molar-refractivity contribution in [2.24, 2.45) is 11.7 Å². The highest BCUT2D eigenvalue weighted by atomic mass is 19.1. The smallest absolute Gasteiger partial charge is 0.224 e. The van der Waals surface area contributed by atoms with Crippen LogP contribution in [0, 0.1) is 18.7 Å². The van der Waals surface area contributed by atoms with Gasteiger partial charge in [0.2, 0.25) is 5.91 Å². The van der Waals surface area contributed by atoms with Crippen LogP contribution >= 0.6 is 0 Å². The molecular weight excluding hydrogens is 219 g/mol. The summed E-state index contributed by atoms with van der Waals surface area (Å²) in [6.45, 7) is 4.40. The van der Waals surface area contributed by atoms with Crippen molar-refractivity contribution < 1.29 is 9.18 Å². The van der Waals surface area contributed by atoms with E-state index < -0.39 is 5.82 Å². The molecule has 0 aromatic heterocycles. The normalized spacial score (nSPS) is 12.2. The van der Waals surface area contributed by atoms with Gasteiger partial charge < -0.3 is 11.1 Å². The van der Waals surface area contributed by atoms with E-state index >= 15 is 0 Å². The molecule has 1 rings (SSSR count). The first-order chi connectivity index (χ1) is 8.02. The Bertz CT molecular complexity index is 393. The predicted molar refractivity (Wildman–Crippen MR) is 67.2 cm³/mol. The van der Waals surface area contributed by atoms with Crippen molar-refractivity contribution >= 4 is 11.6 Å². The van der Waals surface area contributed by atoms with Crippen molar-refractivity contribution in [3.63, 3.8) is 0 Å². The first-order valence-corrected chi connectivity index (χ1v) is 5.79. The quantitative estimate of drug-likeness (QED) is 0.827. The van der Waals surface area contributed by atoms with Gasteiger partial charge in [-0.15, -0.1) is 0 Å². The average molecular weight is 238 g/mol. The lowest BCUT2D eigenvalue weighted by Crippen LogP contribution is -2.17. The zero-order chi connectivity index (χ0) is 12.8. The van der Waals surface area contributed by atoms with Crippen LogP contribution in [-0.4, -0.2) is 12.5 Å². The molecule has 0 saturated heterocycles. The Morgan fingerprint density at radius 2 is 2.24 bits per heavy atom. The molecule has 1 atom stereocenters. The number of nitrogens with two attached hydrogens (primary N) is 1. The number of carbonyl (C=O) groups is 1. The molecule has 1 aromatic carbocycles. The van der Waals surface area contributed by atoms with Crippen LogP contribution in [0.15, 0.2) is 18.2 Å². The summed E-state index contributed by atoms with van der Waals surface area (Å²) in [5.41, 5.74) is 6.62. The van der Waals surface area contributed by atoms with E-state index in [1.807, 2.05) is 13.8 Å². The Morgan fingerprint density at radius 1 is 1.53 bits per heavy atom. The summed E-state index contributed by atoms with van der Waals surface area (Å²) in [5.74, 6) is -0.270. The van der Waals surface area contributed by atoms with Gasteiger partial charge in [0.1, 0.15) is 5.82 Å². The highest BCUT2D eigenvalue weighted by Crippen LogP contribution is 2.16. The zero-order valence-corrected chi connectivity index (χ0v) is 10.3. The highest BCUT2D eigenvalue weighted by molar-refractivity contribution is 5.90. The number of halogens is 1. The highest BCUT2D eigenvalue weighted by Gasteiger charge is 2.08. The fourth-order valence-corrected chi connectivity index (χ4v) is 1.44. The Labute approximate surface area is 101 Å². The minimum absolute atomic E-state index is 0.171. The van der Waals surface area contributed by atoms with Crippen molar-refractivity contribution in [3.05, 3.63) is 29.6 Å². The number of hydrogen-bond donors (Lipinski definition) is 2. The van der Waals surface area contributed by atoms with Crippen molar-refractivity contribution in [1.82, 2.24) is 0 Å². The molecule has 94 valence electrons. The molecule has 0 radical (unpaired) electrons. The van der Waals surface area contributed by atoms with Gasteiger partial charge in [0.05, 0.1) is 5.69 Å². The van der Waals surface area contributed by atoms with E-state index in [9.17, 15) is 9.18 Å². The Hall–Kier alpha value is -1.42. The molecule has 1 aromatic rings. The second kappa shape index (κ2) is 6.35. The molecule has 0 saturated carbocycles. The van der Waals surface area contributed by atoms with Gasteiger partial charge in [0.25, 0.3) is 0 Å². The Balaban J connectivity index is 2.53. The summed E-state index contributed by atoms with van der Waals surface area (Å²) in [4.78, 5) is 11.6. The maximum atomic E-state index is 13.4. The number of anilines is 1. The monoisotopic (exact) mass is 238 g/mol. The third-order valence-corrected chi connectivity index (χ3v) is 2.66. The van der Waals surface area contributed by atoms with E-state index in [0.717, 1.165) is 12.0 Å². The van der Waals surface area contributed by atoms with E-state index in [1.54, 1.807) is 12.1 Å². The van der Waals surface area contributed by atoms with Gasteiger partial charge in [-0.25, -0.2) is 4.39 Å². The van der Waals surface area contributed by atoms with Crippen molar-refractivity contribution in [2.45, 2.75) is 26.7 Å². The summed E-state index contributed by atoms with van der Waals surface area (Å²) in [5, 5.41) is 2.58. The lowest BCUT2D eigenvalue weighted by molar-refractivity contribution is -0.116. The van der Waals surface area contributed by atoms with E-state index in [4.69, 9.17) is 5.73 Å². The van der Waals surface area contributed by atoms with Gasteiger partial charge in [0, 0.05) is 6.42 Å². The Kier molecular flexibility index (Phi) is 5.10. The minimum Gasteiger partial charge on any atom is -0.330 e. The zero-order valence-electron chi connectivity index (χ0n) is 10.3. The lowest BCUT2D eigenvalue weighted by Gasteiger charge is -2.09. The molecule has 0 heterocycles. The third-order valence-electron chi connectivity index (χ3n) is 2.66. The van der Waals surface area contributed by atoms with Crippen LogP contribution in [0.4, 0.5) is 10.1 Å². The van der Waals surface area contributed by atoms with Crippen LogP contribution in [0.2, 0.25) is 0 Å². The second-order valence-corrected chi connectivity index (χ2v) is 4.41. The lowest BCUT2D eigenvalue weighted by atomic mass is 10.1. The summed E-state index contributed by atoms with van der Waals surface area (Å²) < 4.78 is 13.4. The molecule has 17 heavy (non-hydrogen) atoms. The first-order valence-electron chi connectivity index (χ1n) is 5.79. The Morgan fingerprint density at radius 3 is 2.88 bits per heavy atom. The van der Waals surface area contributed by atoms with Gasteiger partial charge in [-0.3, -0.25) is 4.79 Å². The number of aryl methyl sites for hydroxylation is 1. The molecular formula is C13H19FN2O. The first kappa shape index (κ1) is 13.6. The fraction of sp³-hybridized carbons (Fsp3) is 0.462. The van der Waals surface area contributed by atoms with Gasteiger partial charge >= 0.3 is 0 Å². The topological polar surface area (TPSA) is 55.1 Å². The van der Waals surface area contributed by atoms with Gasteiger partial charge in [-0.05, 0) is 43.5 Å². The molecule has 0 fully saturated rings. The number of amides is 1. The maximum Gasteiger partial charge on any atom is 0.224 e. The number of carbonyl (C=O) groups excluding carboxylic acids is 1. The van der Waals surface area contributed by atoms with Gasteiger partial charge in [-0.2, -0.15) is 0 Å². The molecule has 4 heteroatoms. The largest absolute Gasteiger partial charge is 0.330 e. The number of hydrogen-bond acceptors (Lipinski definition) is 2. The van der Waals surface area contributed by atoms with Crippen molar-refractivity contribution in [3.8, 4) is 0 Å². The summed E-state index contributed by atoms with van der Waals surface area (Å²) in [7, 11) is 0. The predicted octanol–water partition coefficient (Wildman–Crippen LogP) is 2.45. The molecule has 1 unspecified atom stereocenters. The third kappa shape index (κ3) is 4.53. The number of rotatable bonds is 5. The van der Waals surface area contributed by atoms with Gasteiger partial charge in [-0.1, -0.05) is 13.0 Å². The van der Waals surface area contributed by atoms with E-state index in [2.05, 4.69) is 5.32 Å². The van der Waals surface area contributed by atoms with Crippen molar-refractivity contribution in [2.75, 3.05) is 11.9 Å². The molecule has 1 amide bonds. The molecule has 3 N–H and O–H groups in total. The molecule has 0 bridgehead atoms. The van der Waals surface area contributed by atoms with Crippen LogP contribution < -0.4 is 11.1 Å². The number of benzene rings is 1. The molecule has 0 spiro atoms. The van der Waals surface area contributed by atoms with Crippen LogP contribution in [-0.2, 0) is 4.79 Å². The molecule has 3 nitrogen and oxygen atoms in total. The molecule has 0 aliphatic heterocycles. The fourth-order valence-electron chi connectivity index (χ4n) is 1.44. The van der Waals surface area contributed by atoms with Crippen LogP contribution in [0.5, 0.6) is 0 Å². The second-order valence-electron chi connectivity index (χ2n) is 4.41. The van der Waals surface area contributed by atoms with Crippen LogP contribution in [0.3, 0.4) is 0 Å². The van der Waals surface area contributed by atoms with E-state index in [0.29, 0.717) is 18.9 Å². The molecule has 0 aliphatic carbocycles. The number of nitrogens with one attached hydrogen (secondary N) is 1. The van der Waals surface area contributed by atoms with Gasteiger partial charge in [0.15, 0.2) is 0 Å².